The molecule has 1 aliphatic carbocycles. The van der Waals surface area contributed by atoms with Crippen LogP contribution >= 0.6 is 0 Å². The van der Waals surface area contributed by atoms with Crippen LogP contribution in [0.4, 0.5) is 0 Å². The van der Waals surface area contributed by atoms with Crippen LogP contribution in [0.25, 0.3) is 0 Å². The molecule has 2 N–H and O–H groups in total. The number of nitrogens with zero attached hydrogens (tertiary/aromatic N) is 2. The molecule has 0 amide bonds. The van der Waals surface area contributed by atoms with E-state index in [0.717, 1.165) is 24.6 Å². The highest BCUT2D eigenvalue weighted by molar-refractivity contribution is 4.98. The molecule has 0 bridgehead atoms. The van der Waals surface area contributed by atoms with Gasteiger partial charge in [-0.15, -0.1) is 0 Å². The molecule has 0 radical (unpaired) electrons. The van der Waals surface area contributed by atoms with Crippen LogP contribution < -0.4 is 5.73 Å². The Kier molecular flexibility index (Phi) is 2.83. The van der Waals surface area contributed by atoms with Crippen LogP contribution in [0.3, 0.4) is 0 Å². The fourth-order valence-electron chi connectivity index (χ4n) is 2.66. The predicted molar refractivity (Wildman–Crippen MR) is 61.5 cm³/mol. The molecular formula is C12H21N3. The Morgan fingerprint density at radius 3 is 3.00 bits per heavy atom. The van der Waals surface area contributed by atoms with E-state index in [4.69, 9.17) is 5.73 Å². The molecule has 1 aromatic heterocycles. The molecular weight excluding hydrogens is 186 g/mol. The normalized spacial score (nSPS) is 31.0. The Morgan fingerprint density at radius 1 is 1.67 bits per heavy atom. The van der Waals surface area contributed by atoms with Gasteiger partial charge in [-0.25, -0.2) is 4.98 Å². The Hall–Kier alpha value is -0.830. The van der Waals surface area contributed by atoms with E-state index in [-0.39, 0.29) is 5.54 Å². The van der Waals surface area contributed by atoms with Crippen molar-refractivity contribution < 1.29 is 0 Å². The van der Waals surface area contributed by atoms with E-state index < -0.39 is 0 Å². The molecule has 1 aromatic rings. The molecule has 1 heterocycles. The third kappa shape index (κ3) is 2.40. The Labute approximate surface area is 91.7 Å². The average molecular weight is 207 g/mol. The number of imidazole rings is 1. The number of rotatable bonds is 3. The molecule has 0 spiro atoms. The molecule has 1 fully saturated rings. The lowest BCUT2D eigenvalue weighted by Gasteiger charge is -2.23. The molecule has 3 nitrogen and oxygen atoms in total. The van der Waals surface area contributed by atoms with Gasteiger partial charge in [0.1, 0.15) is 5.82 Å². The summed E-state index contributed by atoms with van der Waals surface area (Å²) in [5, 5.41) is 0. The second-order valence-corrected chi connectivity index (χ2v) is 5.16. The lowest BCUT2D eigenvalue weighted by atomic mass is 9.92. The summed E-state index contributed by atoms with van der Waals surface area (Å²) < 4.78 is 2.09. The quantitative estimate of drug-likeness (QED) is 0.822. The Bertz CT molecular complexity index is 331. The van der Waals surface area contributed by atoms with Crippen LogP contribution in [0.2, 0.25) is 0 Å². The zero-order valence-electron chi connectivity index (χ0n) is 9.74. The summed E-state index contributed by atoms with van der Waals surface area (Å²) >= 11 is 0. The van der Waals surface area contributed by atoms with Crippen LogP contribution in [-0.2, 0) is 13.5 Å². The van der Waals surface area contributed by atoms with Crippen molar-refractivity contribution in [3.05, 3.63) is 18.2 Å². The molecule has 3 heteroatoms. The summed E-state index contributed by atoms with van der Waals surface area (Å²) in [6.45, 7) is 2.30. The van der Waals surface area contributed by atoms with Crippen molar-refractivity contribution in [1.29, 1.82) is 0 Å². The fourth-order valence-corrected chi connectivity index (χ4v) is 2.66. The Balaban J connectivity index is 1.91. The SMILES string of the molecule is CC1CCC(N)(CCc2nccn2C)C1. The second-order valence-electron chi connectivity index (χ2n) is 5.16. The van der Waals surface area contributed by atoms with E-state index in [9.17, 15) is 0 Å². The Morgan fingerprint density at radius 2 is 2.47 bits per heavy atom. The van der Waals surface area contributed by atoms with Crippen LogP contribution in [0.1, 0.15) is 38.4 Å². The molecule has 1 aliphatic rings. The topological polar surface area (TPSA) is 43.8 Å². The van der Waals surface area contributed by atoms with Gasteiger partial charge >= 0.3 is 0 Å². The lowest BCUT2D eigenvalue weighted by molar-refractivity contribution is 0.387. The minimum absolute atomic E-state index is 0.0748. The highest BCUT2D eigenvalue weighted by Crippen LogP contribution is 2.35. The third-order valence-electron chi connectivity index (χ3n) is 3.66. The van der Waals surface area contributed by atoms with E-state index >= 15 is 0 Å². The molecule has 2 atom stereocenters. The number of nitrogens with two attached hydrogens (primary N) is 1. The molecule has 0 saturated heterocycles. The van der Waals surface area contributed by atoms with Gasteiger partial charge in [-0.3, -0.25) is 0 Å². The molecule has 2 rings (SSSR count). The summed E-state index contributed by atoms with van der Waals surface area (Å²) in [6, 6.07) is 0. The van der Waals surface area contributed by atoms with Crippen molar-refractivity contribution in [2.24, 2.45) is 18.7 Å². The maximum atomic E-state index is 6.38. The average Bonchev–Trinajstić information content (AvgIpc) is 2.71. The third-order valence-corrected chi connectivity index (χ3v) is 3.66. The van der Waals surface area contributed by atoms with Gasteiger partial charge in [0.05, 0.1) is 0 Å². The van der Waals surface area contributed by atoms with Gasteiger partial charge in [0.2, 0.25) is 0 Å². The summed E-state index contributed by atoms with van der Waals surface area (Å²) in [6.07, 6.45) is 9.58. The van der Waals surface area contributed by atoms with Crippen LogP contribution in [0, 0.1) is 5.92 Å². The summed E-state index contributed by atoms with van der Waals surface area (Å²) in [5.41, 5.74) is 6.45. The number of aryl methyl sites for hydroxylation is 2. The number of hydrogen-bond donors (Lipinski definition) is 1. The van der Waals surface area contributed by atoms with E-state index in [1.54, 1.807) is 0 Å². The highest BCUT2D eigenvalue weighted by Gasteiger charge is 2.33. The zero-order valence-corrected chi connectivity index (χ0v) is 9.74. The first-order valence-electron chi connectivity index (χ1n) is 5.84. The van der Waals surface area contributed by atoms with Gasteiger partial charge < -0.3 is 10.3 Å². The van der Waals surface area contributed by atoms with E-state index in [0.29, 0.717) is 0 Å². The van der Waals surface area contributed by atoms with Crippen molar-refractivity contribution >= 4 is 0 Å². The van der Waals surface area contributed by atoms with E-state index in [1.807, 2.05) is 19.4 Å². The van der Waals surface area contributed by atoms with Gasteiger partial charge in [-0.1, -0.05) is 6.92 Å². The first-order valence-corrected chi connectivity index (χ1v) is 5.84. The summed E-state index contributed by atoms with van der Waals surface area (Å²) in [7, 11) is 2.04. The van der Waals surface area contributed by atoms with Crippen LogP contribution in [0.5, 0.6) is 0 Å². The van der Waals surface area contributed by atoms with Crippen molar-refractivity contribution in [3.63, 3.8) is 0 Å². The maximum absolute atomic E-state index is 6.38. The van der Waals surface area contributed by atoms with Crippen molar-refractivity contribution in [1.82, 2.24) is 9.55 Å². The van der Waals surface area contributed by atoms with Gasteiger partial charge in [0, 0.05) is 31.4 Å². The molecule has 15 heavy (non-hydrogen) atoms. The summed E-state index contributed by atoms with van der Waals surface area (Å²) in [4.78, 5) is 4.33. The molecule has 0 aliphatic heterocycles. The zero-order chi connectivity index (χ0) is 10.9. The van der Waals surface area contributed by atoms with Crippen molar-refractivity contribution in [2.75, 3.05) is 0 Å². The van der Waals surface area contributed by atoms with Crippen molar-refractivity contribution in [3.8, 4) is 0 Å². The highest BCUT2D eigenvalue weighted by atomic mass is 15.0. The number of hydrogen-bond acceptors (Lipinski definition) is 2. The molecule has 0 aromatic carbocycles. The van der Waals surface area contributed by atoms with Crippen LogP contribution in [0.15, 0.2) is 12.4 Å². The van der Waals surface area contributed by atoms with Gasteiger partial charge in [-0.2, -0.15) is 0 Å². The maximum Gasteiger partial charge on any atom is 0.108 e. The molecule has 2 unspecified atom stereocenters. The van der Waals surface area contributed by atoms with Crippen molar-refractivity contribution in [2.45, 2.75) is 44.6 Å². The molecule has 1 saturated carbocycles. The first-order chi connectivity index (χ1) is 7.09. The van der Waals surface area contributed by atoms with E-state index in [1.165, 1.54) is 19.3 Å². The molecule has 84 valence electrons. The van der Waals surface area contributed by atoms with Crippen LogP contribution in [-0.4, -0.2) is 15.1 Å². The van der Waals surface area contributed by atoms with E-state index in [2.05, 4.69) is 16.5 Å². The monoisotopic (exact) mass is 207 g/mol. The lowest BCUT2D eigenvalue weighted by Crippen LogP contribution is -2.37. The predicted octanol–water partition coefficient (Wildman–Crippen LogP) is 1.87. The smallest absolute Gasteiger partial charge is 0.108 e. The first kappa shape index (κ1) is 10.7. The van der Waals surface area contributed by atoms with Gasteiger partial charge in [-0.05, 0) is 31.6 Å². The second kappa shape index (κ2) is 3.97. The summed E-state index contributed by atoms with van der Waals surface area (Å²) in [5.74, 6) is 1.95. The largest absolute Gasteiger partial charge is 0.338 e. The minimum Gasteiger partial charge on any atom is -0.338 e. The minimum atomic E-state index is 0.0748. The number of aromatic nitrogens is 2. The fraction of sp³-hybridized carbons (Fsp3) is 0.750. The van der Waals surface area contributed by atoms with Gasteiger partial charge in [0.25, 0.3) is 0 Å². The van der Waals surface area contributed by atoms with Gasteiger partial charge in [0.15, 0.2) is 0 Å². The standard InChI is InChI=1S/C12H21N3/c1-10-3-5-12(13,9-10)6-4-11-14-7-8-15(11)2/h7-8,10H,3-6,9,13H2,1-2H3.